The fraction of sp³-hybridized carbons (Fsp3) is 0.867. The van der Waals surface area contributed by atoms with E-state index in [0.717, 1.165) is 89.9 Å². The molecule has 0 aromatic rings. The zero-order valence-electron chi connectivity index (χ0n) is 48.1. The molecule has 0 aromatic carbocycles. The second kappa shape index (κ2) is 46.5. The molecule has 15 nitrogen and oxygen atoms in total. The number of amides is 2. The Kier molecular flexibility index (Phi) is 43.1. The standard InChI is InChI=1S/C60H108N2O13/c1-7-11-15-18-21-24-27-30-34-37-47(5)41-52(65)62-56-58(75-55(68)42-48(6)38-35-31-28-25-22-19-16-12-8-2)57(72-46-64)51(44-63)74-60(56)71-45-50(59(69)70)61-53(66)43-49(73-54(67)40-33-14-10-4)39-36-32-29-26-23-20-17-13-9-3/h46-51,57,60,63H,7-45H2,1-6H3,(H,61,66)(H,62,65)(H,69,70)/t47-,48-,49-,50+,51?,57-,60-/m1/s1. The molecule has 1 heterocycles. The molecule has 0 spiro atoms. The molecule has 0 aliphatic carbocycles. The summed E-state index contributed by atoms with van der Waals surface area (Å²) in [4.78, 5) is 78.7. The van der Waals surface area contributed by atoms with Crippen LogP contribution in [0.25, 0.3) is 0 Å². The molecule has 1 aliphatic heterocycles. The summed E-state index contributed by atoms with van der Waals surface area (Å²) in [5, 5.41) is 26.2. The van der Waals surface area contributed by atoms with Crippen LogP contribution in [-0.4, -0.2) is 90.3 Å². The average Bonchev–Trinajstić information content (AvgIpc) is 3.37. The third kappa shape index (κ3) is 35.5. The van der Waals surface area contributed by atoms with Gasteiger partial charge in [0.25, 0.3) is 6.47 Å². The van der Waals surface area contributed by atoms with Gasteiger partial charge in [-0.15, -0.1) is 0 Å². The number of hydrogen-bond donors (Lipinski definition) is 4. The summed E-state index contributed by atoms with van der Waals surface area (Å²) in [7, 11) is 0. The van der Waals surface area contributed by atoms with Crippen molar-refractivity contribution in [3.8, 4) is 0 Å². The van der Waals surface area contributed by atoms with E-state index in [1.165, 1.54) is 109 Å². The Morgan fingerprint density at radius 3 is 1.51 bits per heavy atom. The SMILES string of the molecule is CCCCCCCCCCC[C@@H](C)CC(=O)NC1=C(OC(=O)C[C@H](C)CCCCCCCCCCC)[C@H](OC=O)C(CO)O[C@H]1OC[C@H](NC(=O)C[C@@H](CCCCCCCCCCC)OC(=O)CCCCC)C(=O)O. The van der Waals surface area contributed by atoms with Crippen LogP contribution in [0.4, 0.5) is 0 Å². The molecule has 0 fully saturated rings. The van der Waals surface area contributed by atoms with Gasteiger partial charge in [-0.25, -0.2) is 4.79 Å². The minimum absolute atomic E-state index is 0.0167. The van der Waals surface area contributed by atoms with Gasteiger partial charge in [0, 0.05) is 19.3 Å². The highest BCUT2D eigenvalue weighted by molar-refractivity contribution is 5.84. The summed E-state index contributed by atoms with van der Waals surface area (Å²) in [6, 6.07) is -1.63. The molecule has 75 heavy (non-hydrogen) atoms. The van der Waals surface area contributed by atoms with Crippen molar-refractivity contribution < 1.29 is 62.7 Å². The molecule has 0 radical (unpaired) electrons. The van der Waals surface area contributed by atoms with E-state index in [0.29, 0.717) is 12.8 Å². The Balaban J connectivity index is 3.30. The van der Waals surface area contributed by atoms with E-state index in [9.17, 15) is 39.0 Å². The smallest absolute Gasteiger partial charge is 0.328 e. The number of carbonyl (C=O) groups excluding carboxylic acids is 5. The zero-order valence-corrected chi connectivity index (χ0v) is 48.1. The minimum atomic E-state index is -1.63. The third-order valence-corrected chi connectivity index (χ3v) is 14.3. The van der Waals surface area contributed by atoms with Crippen LogP contribution in [0.1, 0.15) is 279 Å². The Morgan fingerprint density at radius 2 is 1.04 bits per heavy atom. The monoisotopic (exact) mass is 1060 g/mol. The average molecular weight is 1070 g/mol. The number of unbranched alkanes of at least 4 members (excludes halogenated alkanes) is 26. The van der Waals surface area contributed by atoms with Gasteiger partial charge in [-0.1, -0.05) is 234 Å². The second-order valence-corrected chi connectivity index (χ2v) is 21.7. The van der Waals surface area contributed by atoms with Crippen molar-refractivity contribution in [1.82, 2.24) is 10.6 Å². The number of carbonyl (C=O) groups is 6. The van der Waals surface area contributed by atoms with Crippen LogP contribution < -0.4 is 10.6 Å². The highest BCUT2D eigenvalue weighted by atomic mass is 16.7. The largest absolute Gasteiger partial charge is 0.480 e. The first kappa shape index (κ1) is 69.5. The Labute approximate surface area is 454 Å². The van der Waals surface area contributed by atoms with Crippen LogP contribution in [0.5, 0.6) is 0 Å². The number of carboxylic acid groups (broad SMARTS) is 1. The summed E-state index contributed by atoms with van der Waals surface area (Å²) >= 11 is 0. The van der Waals surface area contributed by atoms with E-state index < -0.39 is 73.6 Å². The van der Waals surface area contributed by atoms with Gasteiger partial charge in [0.1, 0.15) is 17.9 Å². The van der Waals surface area contributed by atoms with Crippen molar-refractivity contribution in [2.75, 3.05) is 13.2 Å². The molecule has 4 N–H and O–H groups in total. The van der Waals surface area contributed by atoms with Gasteiger partial charge in [-0.3, -0.25) is 24.0 Å². The summed E-state index contributed by atoms with van der Waals surface area (Å²) in [5.41, 5.74) is -0.210. The molecule has 1 unspecified atom stereocenters. The number of aliphatic hydroxyl groups excluding tert-OH is 1. The molecule has 0 saturated carbocycles. The number of hydrogen-bond acceptors (Lipinski definition) is 12. The quantitative estimate of drug-likeness (QED) is 0.0193. The van der Waals surface area contributed by atoms with E-state index >= 15 is 0 Å². The van der Waals surface area contributed by atoms with E-state index in [1.54, 1.807) is 0 Å². The van der Waals surface area contributed by atoms with Crippen molar-refractivity contribution in [2.24, 2.45) is 11.8 Å². The van der Waals surface area contributed by atoms with Gasteiger partial charge in [0.15, 0.2) is 17.9 Å². The molecule has 0 aromatic heterocycles. The van der Waals surface area contributed by atoms with E-state index in [4.69, 9.17) is 23.7 Å². The van der Waals surface area contributed by atoms with Crippen molar-refractivity contribution in [1.29, 1.82) is 0 Å². The number of nitrogens with one attached hydrogen (secondary N) is 2. The number of rotatable bonds is 51. The molecular formula is C60H108N2O13. The second-order valence-electron chi connectivity index (χ2n) is 21.7. The molecule has 15 heteroatoms. The fourth-order valence-corrected chi connectivity index (χ4v) is 9.69. The molecule has 7 atom stereocenters. The van der Waals surface area contributed by atoms with Crippen LogP contribution >= 0.6 is 0 Å². The maximum Gasteiger partial charge on any atom is 0.328 e. The molecule has 0 saturated heterocycles. The molecule has 0 bridgehead atoms. The molecule has 436 valence electrons. The number of aliphatic carboxylic acids is 1. The Morgan fingerprint density at radius 1 is 0.587 bits per heavy atom. The first-order chi connectivity index (χ1) is 36.3. The van der Waals surface area contributed by atoms with Gasteiger partial charge >= 0.3 is 17.9 Å². The molecule has 1 rings (SSSR count). The van der Waals surface area contributed by atoms with Crippen molar-refractivity contribution >= 4 is 36.2 Å². The van der Waals surface area contributed by atoms with Crippen LogP contribution in [0.3, 0.4) is 0 Å². The van der Waals surface area contributed by atoms with Crippen molar-refractivity contribution in [2.45, 2.75) is 310 Å². The number of ether oxygens (including phenoxy) is 5. The molecule has 1 aliphatic rings. The number of carboxylic acids is 1. The first-order valence-corrected chi connectivity index (χ1v) is 30.3. The van der Waals surface area contributed by atoms with E-state index in [2.05, 4.69) is 31.4 Å². The van der Waals surface area contributed by atoms with Crippen LogP contribution in [0, 0.1) is 11.8 Å². The first-order valence-electron chi connectivity index (χ1n) is 30.3. The van der Waals surface area contributed by atoms with Crippen molar-refractivity contribution in [3.63, 3.8) is 0 Å². The zero-order chi connectivity index (χ0) is 55.3. The Hall–Kier alpha value is -3.56. The van der Waals surface area contributed by atoms with Gasteiger partial charge in [-0.2, -0.15) is 0 Å². The van der Waals surface area contributed by atoms with E-state index in [-0.39, 0.29) is 55.4 Å². The normalized spacial score (nSPS) is 17.2. The van der Waals surface area contributed by atoms with E-state index in [1.807, 2.05) is 20.8 Å². The van der Waals surface area contributed by atoms with Crippen LogP contribution in [-0.2, 0) is 52.5 Å². The van der Waals surface area contributed by atoms with Gasteiger partial charge in [0.05, 0.1) is 19.6 Å². The third-order valence-electron chi connectivity index (χ3n) is 14.3. The van der Waals surface area contributed by atoms with Crippen molar-refractivity contribution in [3.05, 3.63) is 11.5 Å². The van der Waals surface area contributed by atoms with Gasteiger partial charge in [0.2, 0.25) is 18.1 Å². The van der Waals surface area contributed by atoms with Gasteiger partial charge in [-0.05, 0) is 31.1 Å². The fourth-order valence-electron chi connectivity index (χ4n) is 9.69. The topological polar surface area (TPSA) is 213 Å². The number of aliphatic hydroxyl groups is 1. The molecular weight excluding hydrogens is 957 g/mol. The lowest BCUT2D eigenvalue weighted by Crippen LogP contribution is -2.52. The summed E-state index contributed by atoms with van der Waals surface area (Å²) in [5.74, 6) is -3.99. The lowest BCUT2D eigenvalue weighted by molar-refractivity contribution is -0.210. The summed E-state index contributed by atoms with van der Waals surface area (Å²) < 4.78 is 29.2. The maximum absolute atomic E-state index is 13.9. The lowest BCUT2D eigenvalue weighted by atomic mass is 9.98. The highest BCUT2D eigenvalue weighted by Crippen LogP contribution is 2.31. The van der Waals surface area contributed by atoms with Crippen LogP contribution in [0.2, 0.25) is 0 Å². The Bertz CT molecular complexity index is 1540. The maximum atomic E-state index is 13.9. The minimum Gasteiger partial charge on any atom is -0.480 e. The highest BCUT2D eigenvalue weighted by Gasteiger charge is 2.44. The predicted molar refractivity (Wildman–Crippen MR) is 295 cm³/mol. The lowest BCUT2D eigenvalue weighted by Gasteiger charge is -2.37. The number of esters is 2. The predicted octanol–water partition coefficient (Wildman–Crippen LogP) is 13.4. The van der Waals surface area contributed by atoms with Crippen LogP contribution in [0.15, 0.2) is 11.5 Å². The molecule has 2 amide bonds. The summed E-state index contributed by atoms with van der Waals surface area (Å²) in [6.45, 7) is 11.3. The summed E-state index contributed by atoms with van der Waals surface area (Å²) in [6.07, 6.45) is 30.4. The van der Waals surface area contributed by atoms with Gasteiger partial charge < -0.3 is 44.5 Å².